The van der Waals surface area contributed by atoms with E-state index in [9.17, 15) is 18.0 Å². The highest BCUT2D eigenvalue weighted by atomic mass is 32.2. The lowest BCUT2D eigenvalue weighted by Gasteiger charge is -2.18. The lowest BCUT2D eigenvalue weighted by molar-refractivity contribution is -0.123. The number of carbonyl (C=O) groups excluding carboxylic acids is 2. The van der Waals surface area contributed by atoms with Gasteiger partial charge in [-0.05, 0) is 67.9 Å². The van der Waals surface area contributed by atoms with Crippen LogP contribution < -0.4 is 14.4 Å². The second-order valence-corrected chi connectivity index (χ2v) is 9.78. The molecule has 1 heterocycles. The standard InChI is InChI=1S/C25H24N2O6S/c1-18(24(28)26-20-11-13-23(14-12-20)33-22-9-3-2-4-10-22)32-25(29)19-7-5-8-21(17-19)27-15-6-16-34(27,30)31/h2-5,7-14,17-18H,6,15-16H2,1H3,(H,26,28). The Morgan fingerprint density at radius 1 is 0.941 bits per heavy atom. The van der Waals surface area contributed by atoms with Crippen molar-refractivity contribution < 1.29 is 27.5 Å². The largest absolute Gasteiger partial charge is 0.457 e. The molecule has 0 radical (unpaired) electrons. The minimum Gasteiger partial charge on any atom is -0.457 e. The van der Waals surface area contributed by atoms with Crippen LogP contribution in [-0.2, 0) is 19.6 Å². The van der Waals surface area contributed by atoms with E-state index in [-0.39, 0.29) is 11.3 Å². The summed E-state index contributed by atoms with van der Waals surface area (Å²) < 4.78 is 36.6. The quantitative estimate of drug-likeness (QED) is 0.509. The van der Waals surface area contributed by atoms with Gasteiger partial charge in [-0.2, -0.15) is 0 Å². The Morgan fingerprint density at radius 3 is 2.32 bits per heavy atom. The number of hydrogen-bond acceptors (Lipinski definition) is 6. The summed E-state index contributed by atoms with van der Waals surface area (Å²) in [6.07, 6.45) is -0.528. The first-order valence-corrected chi connectivity index (χ1v) is 12.4. The summed E-state index contributed by atoms with van der Waals surface area (Å²) in [6.45, 7) is 1.84. The SMILES string of the molecule is CC(OC(=O)c1cccc(N2CCCS2(=O)=O)c1)C(=O)Nc1ccc(Oc2ccccc2)cc1. The Bertz CT molecular complexity index is 1280. The highest BCUT2D eigenvalue weighted by Crippen LogP contribution is 2.25. The van der Waals surface area contributed by atoms with E-state index >= 15 is 0 Å². The summed E-state index contributed by atoms with van der Waals surface area (Å²) >= 11 is 0. The first kappa shape index (κ1) is 23.3. The average Bonchev–Trinajstić information content (AvgIpc) is 3.20. The fraction of sp³-hybridized carbons (Fsp3) is 0.200. The molecular weight excluding hydrogens is 456 g/mol. The van der Waals surface area contributed by atoms with Crippen molar-refractivity contribution in [3.8, 4) is 11.5 Å². The number of anilines is 2. The molecule has 3 aromatic carbocycles. The number of esters is 1. The summed E-state index contributed by atoms with van der Waals surface area (Å²) in [4.78, 5) is 25.1. The molecule has 1 N–H and O–H groups in total. The van der Waals surface area contributed by atoms with Crippen molar-refractivity contribution in [2.75, 3.05) is 21.9 Å². The van der Waals surface area contributed by atoms with Crippen molar-refractivity contribution in [1.29, 1.82) is 0 Å². The summed E-state index contributed by atoms with van der Waals surface area (Å²) in [6, 6.07) is 22.3. The Hall–Kier alpha value is -3.85. The number of carbonyl (C=O) groups is 2. The van der Waals surface area contributed by atoms with E-state index in [1.165, 1.54) is 23.4 Å². The van der Waals surface area contributed by atoms with Gasteiger partial charge in [0.25, 0.3) is 5.91 Å². The van der Waals surface area contributed by atoms with Crippen molar-refractivity contribution in [1.82, 2.24) is 0 Å². The number of nitrogens with zero attached hydrogens (tertiary/aromatic N) is 1. The van der Waals surface area contributed by atoms with Crippen LogP contribution in [0.2, 0.25) is 0 Å². The molecule has 1 saturated heterocycles. The molecule has 8 nitrogen and oxygen atoms in total. The lowest BCUT2D eigenvalue weighted by Crippen LogP contribution is -2.30. The molecule has 9 heteroatoms. The number of rotatable bonds is 7. The van der Waals surface area contributed by atoms with E-state index in [1.807, 2.05) is 30.3 Å². The Labute approximate surface area is 198 Å². The third kappa shape index (κ3) is 5.55. The molecule has 1 aliphatic heterocycles. The van der Waals surface area contributed by atoms with Crippen LogP contribution in [0.1, 0.15) is 23.7 Å². The molecule has 1 atom stereocenters. The lowest BCUT2D eigenvalue weighted by atomic mass is 10.2. The zero-order valence-corrected chi connectivity index (χ0v) is 19.3. The molecule has 3 aromatic rings. The molecule has 0 bridgehead atoms. The van der Waals surface area contributed by atoms with E-state index < -0.39 is 28.0 Å². The van der Waals surface area contributed by atoms with Crippen LogP contribution in [0.4, 0.5) is 11.4 Å². The van der Waals surface area contributed by atoms with Gasteiger partial charge in [-0.15, -0.1) is 0 Å². The van der Waals surface area contributed by atoms with Gasteiger partial charge in [0, 0.05) is 12.2 Å². The molecule has 0 spiro atoms. The molecule has 1 unspecified atom stereocenters. The monoisotopic (exact) mass is 480 g/mol. The van der Waals surface area contributed by atoms with Gasteiger partial charge in [0.15, 0.2) is 6.10 Å². The summed E-state index contributed by atoms with van der Waals surface area (Å²) in [5, 5.41) is 2.70. The molecule has 1 amide bonds. The number of nitrogens with one attached hydrogen (secondary N) is 1. The maximum absolute atomic E-state index is 12.6. The maximum atomic E-state index is 12.6. The average molecular weight is 481 g/mol. The third-order valence-corrected chi connectivity index (χ3v) is 7.09. The molecule has 0 saturated carbocycles. The number of amides is 1. The van der Waals surface area contributed by atoms with Crippen LogP contribution in [0, 0.1) is 0 Å². The topological polar surface area (TPSA) is 102 Å². The van der Waals surface area contributed by atoms with Gasteiger partial charge in [-0.1, -0.05) is 24.3 Å². The van der Waals surface area contributed by atoms with Gasteiger partial charge in [0.05, 0.1) is 17.0 Å². The maximum Gasteiger partial charge on any atom is 0.338 e. The smallest absolute Gasteiger partial charge is 0.338 e. The number of benzene rings is 3. The van der Waals surface area contributed by atoms with E-state index in [0.29, 0.717) is 35.8 Å². The van der Waals surface area contributed by atoms with Gasteiger partial charge < -0.3 is 14.8 Å². The van der Waals surface area contributed by atoms with Crippen molar-refractivity contribution >= 4 is 33.3 Å². The van der Waals surface area contributed by atoms with Crippen molar-refractivity contribution in [2.24, 2.45) is 0 Å². The van der Waals surface area contributed by atoms with Crippen LogP contribution in [-0.4, -0.2) is 38.7 Å². The predicted molar refractivity (Wildman–Crippen MR) is 129 cm³/mol. The van der Waals surface area contributed by atoms with E-state index in [2.05, 4.69) is 5.32 Å². The summed E-state index contributed by atoms with van der Waals surface area (Å²) in [5.74, 6) is 0.184. The number of hydrogen-bond donors (Lipinski definition) is 1. The van der Waals surface area contributed by atoms with Gasteiger partial charge in [0.1, 0.15) is 11.5 Å². The van der Waals surface area contributed by atoms with Gasteiger partial charge in [0.2, 0.25) is 10.0 Å². The fourth-order valence-corrected chi connectivity index (χ4v) is 5.03. The van der Waals surface area contributed by atoms with Crippen LogP contribution in [0.5, 0.6) is 11.5 Å². The summed E-state index contributed by atoms with van der Waals surface area (Å²) in [7, 11) is -3.37. The van der Waals surface area contributed by atoms with E-state index in [4.69, 9.17) is 9.47 Å². The second kappa shape index (κ2) is 9.96. The Kier molecular flexibility index (Phi) is 6.83. The summed E-state index contributed by atoms with van der Waals surface area (Å²) in [5.41, 5.74) is 1.10. The third-order valence-electron chi connectivity index (χ3n) is 5.22. The molecule has 34 heavy (non-hydrogen) atoms. The van der Waals surface area contributed by atoms with Crippen LogP contribution in [0.15, 0.2) is 78.9 Å². The first-order chi connectivity index (χ1) is 16.3. The molecule has 1 aliphatic rings. The number of sulfonamides is 1. The van der Waals surface area contributed by atoms with Gasteiger partial charge >= 0.3 is 5.97 Å². The molecule has 0 aromatic heterocycles. The predicted octanol–water partition coefficient (Wildman–Crippen LogP) is 4.20. The minimum atomic E-state index is -3.37. The Balaban J connectivity index is 1.34. The minimum absolute atomic E-state index is 0.0816. The first-order valence-electron chi connectivity index (χ1n) is 10.8. The number of ether oxygens (including phenoxy) is 2. The normalized spacial score (nSPS) is 15.4. The zero-order chi connectivity index (χ0) is 24.1. The van der Waals surface area contributed by atoms with Crippen molar-refractivity contribution in [2.45, 2.75) is 19.4 Å². The van der Waals surface area contributed by atoms with Crippen molar-refractivity contribution in [3.63, 3.8) is 0 Å². The second-order valence-electron chi connectivity index (χ2n) is 7.77. The molecule has 176 valence electrons. The Morgan fingerprint density at radius 2 is 1.65 bits per heavy atom. The molecule has 0 aliphatic carbocycles. The molecule has 4 rings (SSSR count). The van der Waals surface area contributed by atoms with E-state index in [1.54, 1.807) is 36.4 Å². The van der Waals surface area contributed by atoms with Crippen molar-refractivity contribution in [3.05, 3.63) is 84.4 Å². The highest BCUT2D eigenvalue weighted by molar-refractivity contribution is 7.93. The zero-order valence-electron chi connectivity index (χ0n) is 18.5. The fourth-order valence-electron chi connectivity index (χ4n) is 3.47. The molecular formula is C25H24N2O6S. The van der Waals surface area contributed by atoms with E-state index in [0.717, 1.165) is 0 Å². The van der Waals surface area contributed by atoms with Gasteiger partial charge in [-0.25, -0.2) is 13.2 Å². The molecule has 1 fully saturated rings. The van der Waals surface area contributed by atoms with Gasteiger partial charge in [-0.3, -0.25) is 9.10 Å². The highest BCUT2D eigenvalue weighted by Gasteiger charge is 2.29. The van der Waals surface area contributed by atoms with Crippen LogP contribution in [0.3, 0.4) is 0 Å². The number of para-hydroxylation sites is 1. The van der Waals surface area contributed by atoms with Crippen LogP contribution in [0.25, 0.3) is 0 Å². The van der Waals surface area contributed by atoms with Crippen LogP contribution >= 0.6 is 0 Å².